The molecule has 1 atom stereocenters. The van der Waals surface area contributed by atoms with Crippen LogP contribution < -0.4 is 5.32 Å². The second kappa shape index (κ2) is 10.2. The number of fused-ring (bicyclic) bond motifs is 1. The highest BCUT2D eigenvalue weighted by atomic mass is 32.1. The molecule has 0 spiro atoms. The lowest BCUT2D eigenvalue weighted by molar-refractivity contribution is -0.192. The third-order valence-corrected chi connectivity index (χ3v) is 5.30. The Kier molecular flexibility index (Phi) is 7.41. The van der Waals surface area contributed by atoms with Gasteiger partial charge in [-0.1, -0.05) is 6.07 Å². The van der Waals surface area contributed by atoms with Crippen LogP contribution in [0, 0.1) is 5.92 Å². The van der Waals surface area contributed by atoms with Crippen molar-refractivity contribution >= 4 is 29.2 Å². The monoisotopic (exact) mass is 468 g/mol. The number of anilines is 1. The molecule has 32 heavy (non-hydrogen) atoms. The van der Waals surface area contributed by atoms with Gasteiger partial charge in [0.25, 0.3) is 5.91 Å². The number of hydrogen-bond donors (Lipinski definition) is 2. The lowest BCUT2D eigenvalue weighted by Crippen LogP contribution is -2.35. The van der Waals surface area contributed by atoms with Crippen LogP contribution in [0.25, 0.3) is 0 Å². The van der Waals surface area contributed by atoms with E-state index < -0.39 is 12.1 Å². The van der Waals surface area contributed by atoms with Gasteiger partial charge in [0.2, 0.25) is 5.95 Å². The number of aromatic nitrogens is 4. The molecule has 3 aromatic heterocycles. The average molecular weight is 468 g/mol. The maximum atomic E-state index is 12.8. The zero-order valence-electron chi connectivity index (χ0n) is 16.6. The summed E-state index contributed by atoms with van der Waals surface area (Å²) in [5.74, 6) is -1.87. The summed E-state index contributed by atoms with van der Waals surface area (Å²) < 4.78 is 33.7. The molecule has 0 aromatic carbocycles. The van der Waals surface area contributed by atoms with Crippen molar-refractivity contribution in [2.24, 2.45) is 5.92 Å². The minimum Gasteiger partial charge on any atom is -0.475 e. The first kappa shape index (κ1) is 23.2. The number of carboxylic acids is 1. The van der Waals surface area contributed by atoms with E-state index in [1.165, 1.54) is 11.3 Å². The zero-order chi connectivity index (χ0) is 23.1. The van der Waals surface area contributed by atoms with Crippen molar-refractivity contribution < 1.29 is 27.9 Å². The van der Waals surface area contributed by atoms with Crippen molar-refractivity contribution in [2.75, 3.05) is 18.4 Å². The summed E-state index contributed by atoms with van der Waals surface area (Å²) in [6.45, 7) is 2.68. The van der Waals surface area contributed by atoms with Gasteiger partial charge in [-0.2, -0.15) is 18.3 Å². The van der Waals surface area contributed by atoms with Crippen molar-refractivity contribution in [3.8, 4) is 0 Å². The second-order valence-electron chi connectivity index (χ2n) is 6.79. The molecule has 1 aliphatic heterocycles. The molecule has 1 unspecified atom stereocenters. The maximum absolute atomic E-state index is 12.8. The van der Waals surface area contributed by atoms with Crippen LogP contribution in [0.2, 0.25) is 0 Å². The number of thiophene rings is 1. The third-order valence-electron chi connectivity index (χ3n) is 4.44. The Morgan fingerprint density at radius 2 is 1.88 bits per heavy atom. The van der Waals surface area contributed by atoms with E-state index in [0.717, 1.165) is 17.1 Å². The number of hydrogen-bond acceptors (Lipinski definition) is 7. The number of carboxylic acid groups (broad SMARTS) is 1. The number of halogens is 3. The Bertz CT molecular complexity index is 1030. The smallest absolute Gasteiger partial charge is 0.475 e. The molecule has 13 heteroatoms. The summed E-state index contributed by atoms with van der Waals surface area (Å²) in [4.78, 5) is 32.8. The third kappa shape index (κ3) is 6.26. The van der Waals surface area contributed by atoms with E-state index in [2.05, 4.69) is 20.4 Å². The standard InChI is InChI=1S/C17H18N6OS.C2HF3O2/c24-16(15-3-1-8-25-15)22-10-13(9-20-17-18-5-2-6-19-17)11-23-14(12-22)4-7-21-23;3-2(4,5)1(6)7/h1-8,13H,9-12H2,(H,18,19,20);(H,6,7). The van der Waals surface area contributed by atoms with Crippen LogP contribution in [0.3, 0.4) is 0 Å². The van der Waals surface area contributed by atoms with Gasteiger partial charge in [0.05, 0.1) is 17.1 Å². The van der Waals surface area contributed by atoms with E-state index in [4.69, 9.17) is 9.90 Å². The highest BCUT2D eigenvalue weighted by Crippen LogP contribution is 2.20. The van der Waals surface area contributed by atoms with Gasteiger partial charge in [0, 0.05) is 44.1 Å². The molecule has 0 aliphatic carbocycles. The molecule has 3 aromatic rings. The molecule has 0 saturated heterocycles. The molecule has 0 radical (unpaired) electrons. The Morgan fingerprint density at radius 1 is 1.16 bits per heavy atom. The molecular weight excluding hydrogens is 449 g/mol. The van der Waals surface area contributed by atoms with E-state index >= 15 is 0 Å². The summed E-state index contributed by atoms with van der Waals surface area (Å²) in [6, 6.07) is 7.55. The molecule has 0 bridgehead atoms. The second-order valence-corrected chi connectivity index (χ2v) is 7.74. The molecular formula is C19H19F3N6O3S. The molecule has 0 fully saturated rings. The topological polar surface area (TPSA) is 113 Å². The molecule has 1 amide bonds. The fourth-order valence-electron chi connectivity index (χ4n) is 3.00. The number of nitrogens with one attached hydrogen (secondary N) is 1. The number of aliphatic carboxylic acids is 1. The number of rotatable bonds is 4. The Balaban J connectivity index is 0.000000360. The van der Waals surface area contributed by atoms with Crippen molar-refractivity contribution in [3.05, 3.63) is 58.8 Å². The summed E-state index contributed by atoms with van der Waals surface area (Å²) in [7, 11) is 0. The number of alkyl halides is 3. The quantitative estimate of drug-likeness (QED) is 0.605. The van der Waals surface area contributed by atoms with Gasteiger partial charge in [0.1, 0.15) is 0 Å². The number of amides is 1. The molecule has 2 N–H and O–H groups in total. The normalized spacial score (nSPS) is 15.7. The van der Waals surface area contributed by atoms with Gasteiger partial charge in [-0.25, -0.2) is 14.8 Å². The minimum absolute atomic E-state index is 0.0746. The molecule has 0 saturated carbocycles. The van der Waals surface area contributed by atoms with Gasteiger partial charge in [-0.05, 0) is 23.6 Å². The predicted molar refractivity (Wildman–Crippen MR) is 109 cm³/mol. The molecule has 9 nitrogen and oxygen atoms in total. The van der Waals surface area contributed by atoms with Crippen molar-refractivity contribution in [1.82, 2.24) is 24.6 Å². The lowest BCUT2D eigenvalue weighted by Gasteiger charge is -2.23. The van der Waals surface area contributed by atoms with Crippen molar-refractivity contribution in [1.29, 1.82) is 0 Å². The van der Waals surface area contributed by atoms with E-state index in [0.29, 0.717) is 25.6 Å². The first-order chi connectivity index (χ1) is 15.2. The van der Waals surface area contributed by atoms with Crippen LogP contribution in [0.1, 0.15) is 15.4 Å². The lowest BCUT2D eigenvalue weighted by atomic mass is 10.1. The fraction of sp³-hybridized carbons (Fsp3) is 0.316. The van der Waals surface area contributed by atoms with Crippen LogP contribution in [0.15, 0.2) is 48.2 Å². The maximum Gasteiger partial charge on any atom is 0.490 e. The minimum atomic E-state index is -5.08. The Labute approximate surface area is 184 Å². The highest BCUT2D eigenvalue weighted by molar-refractivity contribution is 7.12. The largest absolute Gasteiger partial charge is 0.490 e. The van der Waals surface area contributed by atoms with Crippen LogP contribution in [-0.4, -0.2) is 60.9 Å². The number of carbonyl (C=O) groups is 2. The van der Waals surface area contributed by atoms with E-state index in [9.17, 15) is 18.0 Å². The van der Waals surface area contributed by atoms with Crippen molar-refractivity contribution in [2.45, 2.75) is 19.3 Å². The summed E-state index contributed by atoms with van der Waals surface area (Å²) in [6.07, 6.45) is 0.126. The zero-order valence-corrected chi connectivity index (χ0v) is 17.4. The highest BCUT2D eigenvalue weighted by Gasteiger charge is 2.38. The first-order valence-corrected chi connectivity index (χ1v) is 10.3. The van der Waals surface area contributed by atoms with Crippen LogP contribution in [0.4, 0.5) is 19.1 Å². The van der Waals surface area contributed by atoms with E-state index in [1.54, 1.807) is 24.7 Å². The first-order valence-electron chi connectivity index (χ1n) is 9.38. The van der Waals surface area contributed by atoms with Crippen LogP contribution in [0.5, 0.6) is 0 Å². The Morgan fingerprint density at radius 3 is 2.50 bits per heavy atom. The summed E-state index contributed by atoms with van der Waals surface area (Å²) in [5.41, 5.74) is 1.06. The molecule has 4 rings (SSSR count). The Hall–Kier alpha value is -3.48. The van der Waals surface area contributed by atoms with Crippen molar-refractivity contribution in [3.63, 3.8) is 0 Å². The molecule has 4 heterocycles. The van der Waals surface area contributed by atoms with Gasteiger partial charge in [0.15, 0.2) is 0 Å². The molecule has 1 aliphatic rings. The van der Waals surface area contributed by atoms with Gasteiger partial charge in [-0.15, -0.1) is 11.3 Å². The number of carbonyl (C=O) groups excluding carboxylic acids is 1. The molecule has 170 valence electrons. The predicted octanol–water partition coefficient (Wildman–Crippen LogP) is 2.75. The van der Waals surface area contributed by atoms with Crippen LogP contribution in [-0.2, 0) is 17.9 Å². The summed E-state index contributed by atoms with van der Waals surface area (Å²) >= 11 is 1.48. The van der Waals surface area contributed by atoms with E-state index in [1.807, 2.05) is 33.2 Å². The van der Waals surface area contributed by atoms with Gasteiger partial charge >= 0.3 is 12.1 Å². The average Bonchev–Trinajstić information content (AvgIpc) is 3.41. The SMILES string of the molecule is O=C(O)C(F)(F)F.O=C(c1cccs1)N1Cc2ccnn2CC(CNc2ncccn2)C1. The fourth-order valence-corrected chi connectivity index (χ4v) is 3.69. The van der Waals surface area contributed by atoms with E-state index in [-0.39, 0.29) is 11.8 Å². The van der Waals surface area contributed by atoms with Gasteiger partial charge < -0.3 is 15.3 Å². The number of nitrogens with zero attached hydrogens (tertiary/aromatic N) is 5. The van der Waals surface area contributed by atoms with Gasteiger partial charge in [-0.3, -0.25) is 9.48 Å². The summed E-state index contributed by atoms with van der Waals surface area (Å²) in [5, 5.41) is 16.7. The van der Waals surface area contributed by atoms with Crippen LogP contribution >= 0.6 is 11.3 Å².